The fourth-order valence-electron chi connectivity index (χ4n) is 8.57. The van der Waals surface area contributed by atoms with Crippen molar-refractivity contribution in [3.63, 3.8) is 0 Å². The van der Waals surface area contributed by atoms with Gasteiger partial charge in [-0.1, -0.05) is 194 Å². The molecular formula is C57H37N3. The first kappa shape index (κ1) is 35.2. The molecule has 0 aliphatic carbocycles. The summed E-state index contributed by atoms with van der Waals surface area (Å²) in [6, 6.07) is 79.6. The second kappa shape index (κ2) is 15.1. The molecule has 10 aromatic carbocycles. The molecule has 0 spiro atoms. The Kier molecular flexibility index (Phi) is 8.83. The molecule has 0 amide bonds. The summed E-state index contributed by atoms with van der Waals surface area (Å²) in [5.41, 5.74) is 12.2. The highest BCUT2D eigenvalue weighted by Crippen LogP contribution is 2.43. The predicted octanol–water partition coefficient (Wildman–Crippen LogP) is 15.0. The van der Waals surface area contributed by atoms with E-state index in [4.69, 9.17) is 15.0 Å². The summed E-state index contributed by atoms with van der Waals surface area (Å²) in [7, 11) is 0. The number of aromatic nitrogens is 3. The van der Waals surface area contributed by atoms with Gasteiger partial charge in [-0.15, -0.1) is 0 Å². The molecule has 0 unspecified atom stereocenters. The first-order valence-electron chi connectivity index (χ1n) is 20.3. The van der Waals surface area contributed by atoms with E-state index in [2.05, 4.69) is 188 Å². The maximum absolute atomic E-state index is 5.28. The van der Waals surface area contributed by atoms with Gasteiger partial charge >= 0.3 is 0 Å². The third kappa shape index (κ3) is 6.49. The number of rotatable bonds is 7. The van der Waals surface area contributed by atoms with Crippen molar-refractivity contribution in [2.45, 2.75) is 0 Å². The molecule has 60 heavy (non-hydrogen) atoms. The van der Waals surface area contributed by atoms with Gasteiger partial charge in [0, 0.05) is 22.1 Å². The first-order valence-corrected chi connectivity index (χ1v) is 20.3. The largest absolute Gasteiger partial charge is 0.208 e. The minimum absolute atomic E-state index is 0.636. The predicted molar refractivity (Wildman–Crippen MR) is 250 cm³/mol. The summed E-state index contributed by atoms with van der Waals surface area (Å²) >= 11 is 0. The van der Waals surface area contributed by atoms with Crippen LogP contribution in [0.4, 0.5) is 0 Å². The zero-order chi connectivity index (χ0) is 39.8. The van der Waals surface area contributed by atoms with Crippen molar-refractivity contribution >= 4 is 32.3 Å². The van der Waals surface area contributed by atoms with Crippen molar-refractivity contribution in [3.8, 4) is 78.7 Å². The van der Waals surface area contributed by atoms with Gasteiger partial charge in [0.15, 0.2) is 17.5 Å². The van der Waals surface area contributed by atoms with Crippen molar-refractivity contribution in [1.29, 1.82) is 0 Å². The van der Waals surface area contributed by atoms with Gasteiger partial charge in [-0.05, 0) is 102 Å². The highest BCUT2D eigenvalue weighted by Gasteiger charge is 2.20. The van der Waals surface area contributed by atoms with E-state index in [1.54, 1.807) is 0 Å². The minimum Gasteiger partial charge on any atom is -0.208 e. The number of fused-ring (bicyclic) bond motifs is 6. The van der Waals surface area contributed by atoms with E-state index in [9.17, 15) is 0 Å². The van der Waals surface area contributed by atoms with Crippen LogP contribution in [-0.2, 0) is 0 Å². The Morgan fingerprint density at radius 3 is 1.02 bits per heavy atom. The summed E-state index contributed by atoms with van der Waals surface area (Å²) in [5.74, 6) is 1.91. The van der Waals surface area contributed by atoms with Crippen LogP contribution in [-0.4, -0.2) is 15.0 Å². The quantitative estimate of drug-likeness (QED) is 0.152. The topological polar surface area (TPSA) is 38.7 Å². The van der Waals surface area contributed by atoms with Crippen LogP contribution >= 0.6 is 0 Å². The summed E-state index contributed by atoms with van der Waals surface area (Å²) < 4.78 is 0. The second-order valence-corrected chi connectivity index (χ2v) is 15.2. The second-order valence-electron chi connectivity index (χ2n) is 15.2. The standard InChI is InChI=1S/C57H37N3/c1-4-17-38(18-5-1)41-23-14-24-42(33-41)43-25-15-26-44(34-43)45-27-16-28-46(35-45)47-36-52-50-31-11-10-29-48(50)49-30-12-13-32-51(49)54(52)53(37-47)57-59-55(39-19-6-2-7-20-39)58-56(60-57)40-21-8-3-9-22-40/h1-37H. The van der Waals surface area contributed by atoms with E-state index in [0.717, 1.165) is 55.1 Å². The number of hydrogen-bond donors (Lipinski definition) is 0. The third-order valence-electron chi connectivity index (χ3n) is 11.5. The first-order chi connectivity index (χ1) is 29.7. The molecule has 1 aromatic heterocycles. The molecule has 0 bridgehead atoms. The van der Waals surface area contributed by atoms with Crippen molar-refractivity contribution in [1.82, 2.24) is 15.0 Å². The minimum atomic E-state index is 0.636. The monoisotopic (exact) mass is 763 g/mol. The maximum atomic E-state index is 5.28. The lowest BCUT2D eigenvalue weighted by Gasteiger charge is -2.17. The van der Waals surface area contributed by atoms with Crippen LogP contribution < -0.4 is 0 Å². The molecule has 1 heterocycles. The molecular weight excluding hydrogens is 727 g/mol. The lowest BCUT2D eigenvalue weighted by molar-refractivity contribution is 1.08. The van der Waals surface area contributed by atoms with Crippen LogP contribution in [0.2, 0.25) is 0 Å². The van der Waals surface area contributed by atoms with Gasteiger partial charge in [0.2, 0.25) is 0 Å². The zero-order valence-electron chi connectivity index (χ0n) is 32.7. The Morgan fingerprint density at radius 2 is 0.533 bits per heavy atom. The maximum Gasteiger partial charge on any atom is 0.164 e. The molecule has 280 valence electrons. The smallest absolute Gasteiger partial charge is 0.164 e. The number of benzene rings is 10. The Balaban J connectivity index is 1.12. The van der Waals surface area contributed by atoms with E-state index in [0.29, 0.717) is 17.5 Å². The van der Waals surface area contributed by atoms with Gasteiger partial charge in [0.05, 0.1) is 0 Å². The molecule has 3 heteroatoms. The van der Waals surface area contributed by atoms with E-state index < -0.39 is 0 Å². The Hall–Kier alpha value is -8.01. The average Bonchev–Trinajstić information content (AvgIpc) is 3.34. The van der Waals surface area contributed by atoms with Crippen LogP contribution in [0.15, 0.2) is 224 Å². The van der Waals surface area contributed by atoms with Crippen LogP contribution in [0.3, 0.4) is 0 Å². The molecule has 0 atom stereocenters. The van der Waals surface area contributed by atoms with Crippen LogP contribution in [0.25, 0.3) is 111 Å². The summed E-state index contributed by atoms with van der Waals surface area (Å²) in [4.78, 5) is 15.6. The van der Waals surface area contributed by atoms with Crippen molar-refractivity contribution < 1.29 is 0 Å². The molecule has 11 aromatic rings. The van der Waals surface area contributed by atoms with Crippen LogP contribution in [0.5, 0.6) is 0 Å². The molecule has 0 saturated heterocycles. The molecule has 3 nitrogen and oxygen atoms in total. The Bertz CT molecular complexity index is 3300. The summed E-state index contributed by atoms with van der Waals surface area (Å²) in [6.07, 6.45) is 0. The van der Waals surface area contributed by atoms with E-state index in [1.165, 1.54) is 38.4 Å². The molecule has 0 aliphatic heterocycles. The fourth-order valence-corrected chi connectivity index (χ4v) is 8.57. The summed E-state index contributed by atoms with van der Waals surface area (Å²) in [5, 5.41) is 7.06. The SMILES string of the molecule is c1ccc(-c2cccc(-c3cccc(-c4cccc(-c5cc(-c6nc(-c7ccccc7)nc(-c7ccccc7)n6)c6c7ccccc7c7ccccc7c6c5)c4)c3)c2)cc1. The zero-order valence-corrected chi connectivity index (χ0v) is 32.7. The van der Waals surface area contributed by atoms with Gasteiger partial charge in [0.25, 0.3) is 0 Å². The van der Waals surface area contributed by atoms with Crippen molar-refractivity contribution in [3.05, 3.63) is 224 Å². The molecule has 0 fully saturated rings. The molecule has 0 aliphatic rings. The highest BCUT2D eigenvalue weighted by molar-refractivity contribution is 6.28. The normalized spacial score (nSPS) is 11.3. The number of hydrogen-bond acceptors (Lipinski definition) is 3. The number of nitrogens with zero attached hydrogens (tertiary/aromatic N) is 3. The van der Waals surface area contributed by atoms with Gasteiger partial charge in [-0.2, -0.15) is 0 Å². The van der Waals surface area contributed by atoms with Gasteiger partial charge in [-0.25, -0.2) is 15.0 Å². The van der Waals surface area contributed by atoms with E-state index >= 15 is 0 Å². The van der Waals surface area contributed by atoms with E-state index in [1.807, 2.05) is 36.4 Å². The Morgan fingerprint density at radius 1 is 0.200 bits per heavy atom. The average molecular weight is 764 g/mol. The van der Waals surface area contributed by atoms with Gasteiger partial charge < -0.3 is 0 Å². The lowest BCUT2D eigenvalue weighted by atomic mass is 9.88. The van der Waals surface area contributed by atoms with Crippen LogP contribution in [0.1, 0.15) is 0 Å². The van der Waals surface area contributed by atoms with Crippen molar-refractivity contribution in [2.75, 3.05) is 0 Å². The van der Waals surface area contributed by atoms with E-state index in [-0.39, 0.29) is 0 Å². The fraction of sp³-hybridized carbons (Fsp3) is 0. The van der Waals surface area contributed by atoms with Gasteiger partial charge in [0.1, 0.15) is 0 Å². The van der Waals surface area contributed by atoms with Crippen LogP contribution in [0, 0.1) is 0 Å². The lowest BCUT2D eigenvalue weighted by Crippen LogP contribution is -2.01. The van der Waals surface area contributed by atoms with Gasteiger partial charge in [-0.3, -0.25) is 0 Å². The highest BCUT2D eigenvalue weighted by atomic mass is 15.0. The Labute approximate surface area is 349 Å². The third-order valence-corrected chi connectivity index (χ3v) is 11.5. The molecule has 0 radical (unpaired) electrons. The summed E-state index contributed by atoms with van der Waals surface area (Å²) in [6.45, 7) is 0. The molecule has 11 rings (SSSR count). The molecule has 0 saturated carbocycles. The molecule has 0 N–H and O–H groups in total. The van der Waals surface area contributed by atoms with Crippen molar-refractivity contribution in [2.24, 2.45) is 0 Å².